The van der Waals surface area contributed by atoms with E-state index in [4.69, 9.17) is 0 Å². The van der Waals surface area contributed by atoms with E-state index in [2.05, 4.69) is 30.8 Å². The minimum absolute atomic E-state index is 0.275. The fourth-order valence-electron chi connectivity index (χ4n) is 2.80. The molecular formula is C14H29N3O2S. The monoisotopic (exact) mass is 303 g/mol. The number of hydrogen-bond donors (Lipinski definition) is 2. The molecule has 1 aliphatic carbocycles. The standard InChI is InChI=1S/C14H29N3O2S/c1-14(2,3)12-6-10-17(11-7-12)20(18,19)16-9-8-15-13-4-5-13/h12-13,15-16H,4-11H2,1-3H3. The van der Waals surface area contributed by atoms with Crippen LogP contribution in [0.4, 0.5) is 0 Å². The molecule has 0 radical (unpaired) electrons. The maximum absolute atomic E-state index is 12.2. The van der Waals surface area contributed by atoms with Gasteiger partial charge in [0, 0.05) is 32.2 Å². The van der Waals surface area contributed by atoms with Gasteiger partial charge in [0.2, 0.25) is 0 Å². The Morgan fingerprint density at radius 1 is 1.05 bits per heavy atom. The normalized spacial score (nSPS) is 23.1. The summed E-state index contributed by atoms with van der Waals surface area (Å²) in [6.45, 7) is 9.22. The van der Waals surface area contributed by atoms with E-state index in [1.165, 1.54) is 12.8 Å². The Bertz CT molecular complexity index is 405. The zero-order chi connectivity index (χ0) is 14.8. The van der Waals surface area contributed by atoms with Crippen molar-refractivity contribution >= 4 is 10.2 Å². The highest BCUT2D eigenvalue weighted by Crippen LogP contribution is 2.34. The molecule has 5 nitrogen and oxygen atoms in total. The number of piperidine rings is 1. The lowest BCUT2D eigenvalue weighted by atomic mass is 9.76. The lowest BCUT2D eigenvalue weighted by Crippen LogP contribution is -2.47. The zero-order valence-electron chi connectivity index (χ0n) is 13.0. The van der Waals surface area contributed by atoms with Crippen LogP contribution in [0.25, 0.3) is 0 Å². The van der Waals surface area contributed by atoms with Gasteiger partial charge in [-0.1, -0.05) is 20.8 Å². The molecule has 1 heterocycles. The van der Waals surface area contributed by atoms with Crippen molar-refractivity contribution in [1.82, 2.24) is 14.3 Å². The first-order chi connectivity index (χ1) is 9.29. The zero-order valence-corrected chi connectivity index (χ0v) is 13.8. The van der Waals surface area contributed by atoms with Crippen LogP contribution in [0, 0.1) is 11.3 Å². The Labute approximate surface area is 123 Å². The highest BCUT2D eigenvalue weighted by molar-refractivity contribution is 7.87. The third-order valence-electron chi connectivity index (χ3n) is 4.44. The smallest absolute Gasteiger partial charge is 0.279 e. The Morgan fingerprint density at radius 2 is 1.65 bits per heavy atom. The lowest BCUT2D eigenvalue weighted by Gasteiger charge is -2.38. The van der Waals surface area contributed by atoms with Crippen molar-refractivity contribution in [1.29, 1.82) is 0 Å². The summed E-state index contributed by atoms with van der Waals surface area (Å²) in [4.78, 5) is 0. The largest absolute Gasteiger partial charge is 0.313 e. The van der Waals surface area contributed by atoms with Gasteiger partial charge in [0.15, 0.2) is 0 Å². The summed E-state index contributed by atoms with van der Waals surface area (Å²) in [6.07, 6.45) is 4.38. The topological polar surface area (TPSA) is 61.4 Å². The first kappa shape index (κ1) is 16.2. The van der Waals surface area contributed by atoms with Crippen molar-refractivity contribution in [2.24, 2.45) is 11.3 Å². The summed E-state index contributed by atoms with van der Waals surface area (Å²) >= 11 is 0. The third-order valence-corrected chi connectivity index (χ3v) is 6.05. The van der Waals surface area contributed by atoms with E-state index in [1.54, 1.807) is 4.31 Å². The van der Waals surface area contributed by atoms with Crippen molar-refractivity contribution in [3.05, 3.63) is 0 Å². The summed E-state index contributed by atoms with van der Waals surface area (Å²) in [6, 6.07) is 0.627. The van der Waals surface area contributed by atoms with Gasteiger partial charge in [-0.15, -0.1) is 0 Å². The summed E-state index contributed by atoms with van der Waals surface area (Å²) < 4.78 is 28.7. The van der Waals surface area contributed by atoms with Crippen LogP contribution in [0.15, 0.2) is 0 Å². The van der Waals surface area contributed by atoms with Crippen LogP contribution in [0.3, 0.4) is 0 Å². The maximum atomic E-state index is 12.2. The van der Waals surface area contributed by atoms with Gasteiger partial charge in [0.25, 0.3) is 10.2 Å². The van der Waals surface area contributed by atoms with Gasteiger partial charge in [-0.05, 0) is 37.0 Å². The van der Waals surface area contributed by atoms with Crippen molar-refractivity contribution in [2.75, 3.05) is 26.2 Å². The molecule has 2 aliphatic rings. The molecule has 0 aromatic rings. The van der Waals surface area contributed by atoms with Crippen LogP contribution < -0.4 is 10.0 Å². The van der Waals surface area contributed by atoms with E-state index < -0.39 is 10.2 Å². The molecule has 2 rings (SSSR count). The fraction of sp³-hybridized carbons (Fsp3) is 1.00. The summed E-state index contributed by atoms with van der Waals surface area (Å²) in [7, 11) is -3.29. The minimum atomic E-state index is -3.29. The molecule has 1 saturated heterocycles. The Hall–Kier alpha value is -0.170. The molecule has 0 aromatic carbocycles. The molecule has 6 heteroatoms. The van der Waals surface area contributed by atoms with Crippen LogP contribution in [0.5, 0.6) is 0 Å². The molecule has 20 heavy (non-hydrogen) atoms. The van der Waals surface area contributed by atoms with Gasteiger partial charge in [0.05, 0.1) is 0 Å². The highest BCUT2D eigenvalue weighted by atomic mass is 32.2. The van der Waals surface area contributed by atoms with E-state index in [9.17, 15) is 8.42 Å². The molecular weight excluding hydrogens is 274 g/mol. The quantitative estimate of drug-likeness (QED) is 0.728. The molecule has 0 amide bonds. The third kappa shape index (κ3) is 4.69. The highest BCUT2D eigenvalue weighted by Gasteiger charge is 2.33. The first-order valence-electron chi connectivity index (χ1n) is 7.77. The number of nitrogens with zero attached hydrogens (tertiary/aromatic N) is 1. The maximum Gasteiger partial charge on any atom is 0.279 e. The van der Waals surface area contributed by atoms with Crippen LogP contribution in [0.1, 0.15) is 46.5 Å². The average molecular weight is 303 g/mol. The molecule has 118 valence electrons. The van der Waals surface area contributed by atoms with Crippen LogP contribution in [-0.2, 0) is 10.2 Å². The number of hydrogen-bond acceptors (Lipinski definition) is 3. The van der Waals surface area contributed by atoms with E-state index in [1.807, 2.05) is 0 Å². The van der Waals surface area contributed by atoms with Gasteiger partial charge in [0.1, 0.15) is 0 Å². The predicted molar refractivity (Wildman–Crippen MR) is 81.7 cm³/mol. The van der Waals surface area contributed by atoms with Crippen LogP contribution in [-0.4, -0.2) is 44.9 Å². The SMILES string of the molecule is CC(C)(C)C1CCN(S(=O)(=O)NCCNC2CC2)CC1. The van der Waals surface area contributed by atoms with E-state index in [0.29, 0.717) is 31.6 Å². The van der Waals surface area contributed by atoms with Gasteiger partial charge in [-0.2, -0.15) is 12.7 Å². The Kier molecular flexibility index (Phi) is 5.10. The lowest BCUT2D eigenvalue weighted by molar-refractivity contribution is 0.153. The Morgan fingerprint density at radius 3 is 2.15 bits per heavy atom. The molecule has 0 bridgehead atoms. The van der Waals surface area contributed by atoms with Crippen molar-refractivity contribution in [3.63, 3.8) is 0 Å². The van der Waals surface area contributed by atoms with Gasteiger partial charge in [-0.25, -0.2) is 4.72 Å². The average Bonchev–Trinajstić information content (AvgIpc) is 3.18. The van der Waals surface area contributed by atoms with Crippen LogP contribution in [0.2, 0.25) is 0 Å². The van der Waals surface area contributed by atoms with E-state index >= 15 is 0 Å². The molecule has 0 spiro atoms. The van der Waals surface area contributed by atoms with E-state index in [0.717, 1.165) is 19.4 Å². The Balaban J connectivity index is 1.73. The first-order valence-corrected chi connectivity index (χ1v) is 9.21. The van der Waals surface area contributed by atoms with Gasteiger partial charge >= 0.3 is 0 Å². The second-order valence-electron chi connectivity index (χ2n) is 7.17. The van der Waals surface area contributed by atoms with Crippen molar-refractivity contribution < 1.29 is 8.42 Å². The van der Waals surface area contributed by atoms with Gasteiger partial charge < -0.3 is 5.32 Å². The van der Waals surface area contributed by atoms with E-state index in [-0.39, 0.29) is 5.41 Å². The second kappa shape index (κ2) is 6.30. The molecule has 1 aliphatic heterocycles. The number of rotatable bonds is 6. The van der Waals surface area contributed by atoms with Crippen molar-refractivity contribution in [3.8, 4) is 0 Å². The predicted octanol–water partition coefficient (Wildman–Crippen LogP) is 1.33. The van der Waals surface area contributed by atoms with Crippen LogP contribution >= 0.6 is 0 Å². The summed E-state index contributed by atoms with van der Waals surface area (Å²) in [5.74, 6) is 0.616. The molecule has 0 aromatic heterocycles. The molecule has 0 atom stereocenters. The number of nitrogens with one attached hydrogen (secondary N) is 2. The summed E-state index contributed by atoms with van der Waals surface area (Å²) in [5.41, 5.74) is 0.275. The minimum Gasteiger partial charge on any atom is -0.313 e. The van der Waals surface area contributed by atoms with Crippen molar-refractivity contribution in [2.45, 2.75) is 52.5 Å². The molecule has 2 fully saturated rings. The second-order valence-corrected chi connectivity index (χ2v) is 8.92. The fourth-order valence-corrected chi connectivity index (χ4v) is 4.03. The van der Waals surface area contributed by atoms with Gasteiger partial charge in [-0.3, -0.25) is 0 Å². The summed E-state index contributed by atoms with van der Waals surface area (Å²) in [5, 5.41) is 3.31. The molecule has 0 unspecified atom stereocenters. The molecule has 2 N–H and O–H groups in total. The molecule has 1 saturated carbocycles.